The van der Waals surface area contributed by atoms with Crippen LogP contribution in [0.5, 0.6) is 0 Å². The monoisotopic (exact) mass is 352 g/mol. The third-order valence-corrected chi connectivity index (χ3v) is 5.96. The maximum Gasteiger partial charge on any atom is 0.0433 e. The Labute approximate surface area is 136 Å². The Hall–Kier alpha value is -1.64. The molecule has 0 spiro atoms. The molecular weight excluding hydrogens is 340 g/mol. The number of benzene rings is 3. The number of hydrogen-bond acceptors (Lipinski definition) is 1. The summed E-state index contributed by atoms with van der Waals surface area (Å²) in [6.07, 6.45) is 0. The molecule has 0 fully saturated rings. The maximum atomic E-state index is 3.65. The summed E-state index contributed by atoms with van der Waals surface area (Å²) in [6.45, 7) is 2.12. The Morgan fingerprint density at radius 3 is 2.52 bits per heavy atom. The van der Waals surface area contributed by atoms with Gasteiger partial charge in [0, 0.05) is 24.6 Å². The Bertz CT molecular complexity index is 966. The van der Waals surface area contributed by atoms with Gasteiger partial charge in [0.25, 0.3) is 0 Å². The summed E-state index contributed by atoms with van der Waals surface area (Å²) in [5.74, 6) is 0. The second-order valence-electron chi connectivity index (χ2n) is 5.24. The second kappa shape index (κ2) is 4.97. The van der Waals surface area contributed by atoms with Gasteiger partial charge in [0.05, 0.1) is 0 Å². The first-order valence-corrected chi connectivity index (χ1v) is 8.52. The van der Waals surface area contributed by atoms with Crippen LogP contribution in [0.4, 0.5) is 0 Å². The quantitative estimate of drug-likeness (QED) is 0.353. The zero-order chi connectivity index (χ0) is 14.4. The van der Waals surface area contributed by atoms with Crippen molar-refractivity contribution in [2.45, 2.75) is 6.92 Å². The highest BCUT2D eigenvalue weighted by atomic mass is 79.9. The predicted octanol–water partition coefficient (Wildman–Crippen LogP) is 6.79. The lowest BCUT2D eigenvalue weighted by Crippen LogP contribution is -1.81. The molecule has 0 atom stereocenters. The van der Waals surface area contributed by atoms with Crippen molar-refractivity contribution < 1.29 is 0 Å². The molecule has 3 aromatic carbocycles. The molecule has 0 aliphatic heterocycles. The van der Waals surface area contributed by atoms with Crippen molar-refractivity contribution in [2.24, 2.45) is 0 Å². The molecule has 0 N–H and O–H groups in total. The highest BCUT2D eigenvalue weighted by Gasteiger charge is 2.10. The van der Waals surface area contributed by atoms with Crippen molar-refractivity contribution in [2.75, 3.05) is 0 Å². The topological polar surface area (TPSA) is 0 Å². The standard InChI is InChI=1S/C19H13BrS/c1-12-9-10-13(11-17(12)20)14-6-4-7-16-15-5-2-3-8-18(15)21-19(14)16/h2-11H,1H3. The van der Waals surface area contributed by atoms with E-state index in [9.17, 15) is 0 Å². The summed E-state index contributed by atoms with van der Waals surface area (Å²) in [6, 6.07) is 21.8. The van der Waals surface area contributed by atoms with Crippen molar-refractivity contribution in [1.82, 2.24) is 0 Å². The van der Waals surface area contributed by atoms with E-state index in [0.717, 1.165) is 4.47 Å². The van der Waals surface area contributed by atoms with Gasteiger partial charge in [-0.3, -0.25) is 0 Å². The largest absolute Gasteiger partial charge is 0.135 e. The van der Waals surface area contributed by atoms with Gasteiger partial charge >= 0.3 is 0 Å². The predicted molar refractivity (Wildman–Crippen MR) is 97.2 cm³/mol. The van der Waals surface area contributed by atoms with Crippen LogP contribution in [0.3, 0.4) is 0 Å². The Kier molecular flexibility index (Phi) is 3.09. The normalized spacial score (nSPS) is 11.3. The van der Waals surface area contributed by atoms with E-state index in [4.69, 9.17) is 0 Å². The number of halogens is 1. The van der Waals surface area contributed by atoms with Crippen LogP contribution in [0.2, 0.25) is 0 Å². The van der Waals surface area contributed by atoms with E-state index in [1.807, 2.05) is 11.3 Å². The van der Waals surface area contributed by atoms with Crippen LogP contribution < -0.4 is 0 Å². The van der Waals surface area contributed by atoms with E-state index < -0.39 is 0 Å². The zero-order valence-corrected chi connectivity index (χ0v) is 14.0. The summed E-state index contributed by atoms with van der Waals surface area (Å²) < 4.78 is 3.89. The molecule has 0 aliphatic carbocycles. The van der Waals surface area contributed by atoms with Crippen LogP contribution in [-0.4, -0.2) is 0 Å². The van der Waals surface area contributed by atoms with Crippen molar-refractivity contribution in [3.8, 4) is 11.1 Å². The lowest BCUT2D eigenvalue weighted by Gasteiger charge is -2.06. The molecule has 4 rings (SSSR count). The minimum atomic E-state index is 1.16. The van der Waals surface area contributed by atoms with Crippen LogP contribution >= 0.6 is 27.3 Å². The molecule has 21 heavy (non-hydrogen) atoms. The molecule has 102 valence electrons. The SMILES string of the molecule is Cc1ccc(-c2cccc3c2sc2ccccc23)cc1Br. The lowest BCUT2D eigenvalue weighted by molar-refractivity contribution is 1.43. The first-order valence-electron chi connectivity index (χ1n) is 6.91. The van der Waals surface area contributed by atoms with Gasteiger partial charge in [-0.2, -0.15) is 0 Å². The molecular formula is C19H13BrS. The van der Waals surface area contributed by atoms with Crippen LogP contribution in [0.1, 0.15) is 5.56 Å². The molecule has 0 unspecified atom stereocenters. The van der Waals surface area contributed by atoms with Gasteiger partial charge in [0.1, 0.15) is 0 Å². The molecule has 0 saturated carbocycles. The molecule has 1 heterocycles. The molecule has 0 bridgehead atoms. The molecule has 1 aromatic heterocycles. The van der Waals surface area contributed by atoms with E-state index in [-0.39, 0.29) is 0 Å². The molecule has 4 aromatic rings. The van der Waals surface area contributed by atoms with Gasteiger partial charge in [-0.15, -0.1) is 11.3 Å². The molecule has 0 radical (unpaired) electrons. The van der Waals surface area contributed by atoms with Gasteiger partial charge in [0.2, 0.25) is 0 Å². The van der Waals surface area contributed by atoms with Crippen molar-refractivity contribution in [1.29, 1.82) is 0 Å². The van der Waals surface area contributed by atoms with Crippen LogP contribution in [0, 0.1) is 6.92 Å². The molecule has 0 saturated heterocycles. The van der Waals surface area contributed by atoms with Gasteiger partial charge in [0.15, 0.2) is 0 Å². The smallest absolute Gasteiger partial charge is 0.0433 e. The van der Waals surface area contributed by atoms with Crippen molar-refractivity contribution in [3.05, 3.63) is 70.7 Å². The van der Waals surface area contributed by atoms with Gasteiger partial charge in [-0.05, 0) is 35.7 Å². The van der Waals surface area contributed by atoms with Gasteiger partial charge < -0.3 is 0 Å². The van der Waals surface area contributed by atoms with E-state index in [1.54, 1.807) is 0 Å². The third-order valence-electron chi connectivity index (χ3n) is 3.89. The number of thiophene rings is 1. The molecule has 2 heteroatoms. The van der Waals surface area contributed by atoms with Crippen LogP contribution in [0.25, 0.3) is 31.3 Å². The van der Waals surface area contributed by atoms with Gasteiger partial charge in [-0.1, -0.05) is 64.5 Å². The fourth-order valence-electron chi connectivity index (χ4n) is 2.73. The average Bonchev–Trinajstić information content (AvgIpc) is 2.89. The Morgan fingerprint density at radius 2 is 1.67 bits per heavy atom. The Balaban J connectivity index is 2.06. The van der Waals surface area contributed by atoms with E-state index in [1.165, 1.54) is 36.9 Å². The van der Waals surface area contributed by atoms with Crippen LogP contribution in [-0.2, 0) is 0 Å². The number of aryl methyl sites for hydroxylation is 1. The fourth-order valence-corrected chi connectivity index (χ4v) is 4.35. The minimum Gasteiger partial charge on any atom is -0.135 e. The second-order valence-corrected chi connectivity index (χ2v) is 7.15. The van der Waals surface area contributed by atoms with E-state index >= 15 is 0 Å². The summed E-state index contributed by atoms with van der Waals surface area (Å²) in [5.41, 5.74) is 3.85. The summed E-state index contributed by atoms with van der Waals surface area (Å²) in [4.78, 5) is 0. The molecule has 0 amide bonds. The van der Waals surface area contributed by atoms with Crippen molar-refractivity contribution in [3.63, 3.8) is 0 Å². The van der Waals surface area contributed by atoms with E-state index in [2.05, 4.69) is 83.5 Å². The number of hydrogen-bond donors (Lipinski definition) is 0. The minimum absolute atomic E-state index is 1.16. The zero-order valence-electron chi connectivity index (χ0n) is 11.6. The highest BCUT2D eigenvalue weighted by molar-refractivity contribution is 9.10. The van der Waals surface area contributed by atoms with E-state index in [0.29, 0.717) is 0 Å². The fraction of sp³-hybridized carbons (Fsp3) is 0.0526. The lowest BCUT2D eigenvalue weighted by atomic mass is 10.0. The Morgan fingerprint density at radius 1 is 0.857 bits per heavy atom. The van der Waals surface area contributed by atoms with Gasteiger partial charge in [-0.25, -0.2) is 0 Å². The number of rotatable bonds is 1. The van der Waals surface area contributed by atoms with Crippen molar-refractivity contribution >= 4 is 47.4 Å². The maximum absolute atomic E-state index is 3.65. The first kappa shape index (κ1) is 13.1. The molecule has 0 nitrogen and oxygen atoms in total. The third kappa shape index (κ3) is 2.10. The molecule has 0 aliphatic rings. The first-order chi connectivity index (χ1) is 10.2. The summed E-state index contributed by atoms with van der Waals surface area (Å²) in [5, 5.41) is 2.70. The summed E-state index contributed by atoms with van der Waals surface area (Å²) in [7, 11) is 0. The number of fused-ring (bicyclic) bond motifs is 3. The average molecular weight is 353 g/mol. The highest BCUT2D eigenvalue weighted by Crippen LogP contribution is 2.40. The summed E-state index contributed by atoms with van der Waals surface area (Å²) >= 11 is 5.52. The van der Waals surface area contributed by atoms with Crippen LogP contribution in [0.15, 0.2) is 65.1 Å².